The number of sulfonamides is 1. The van der Waals surface area contributed by atoms with Gasteiger partial charge in [-0.1, -0.05) is 48.0 Å². The van der Waals surface area contributed by atoms with E-state index in [1.54, 1.807) is 30.4 Å². The molecule has 10 heteroatoms. The number of primary amides is 1. The molecule has 2 unspecified atom stereocenters. The fraction of sp³-hybridized carbons (Fsp3) is 0.136. The standard InChI is InChI=1S/C22H18ClFN4O3S/c23-17-12-15(24)8-7-14(17)13-22(9-2-1-4-16(22)21(25)29)28-32(30,31)19-6-3-5-18-20(19)27-11-10-26-18/h1-12,16,28H,13H2,(H2,25,29). The monoisotopic (exact) mass is 472 g/mol. The first kappa shape index (κ1) is 22.1. The van der Waals surface area contributed by atoms with Crippen molar-refractivity contribution in [2.75, 3.05) is 0 Å². The van der Waals surface area contributed by atoms with Gasteiger partial charge in [-0.25, -0.2) is 12.8 Å². The SMILES string of the molecule is NC(=O)C1C=CC=CC1(Cc1ccc(F)cc1Cl)NS(=O)(=O)c1cccc2nccnc12. The summed E-state index contributed by atoms with van der Waals surface area (Å²) in [6.07, 6.45) is 9.10. The lowest BCUT2D eigenvalue weighted by Crippen LogP contribution is -2.57. The molecule has 32 heavy (non-hydrogen) atoms. The van der Waals surface area contributed by atoms with E-state index in [-0.39, 0.29) is 21.9 Å². The van der Waals surface area contributed by atoms with Gasteiger partial charge < -0.3 is 5.73 Å². The van der Waals surface area contributed by atoms with Gasteiger partial charge in [-0.2, -0.15) is 4.72 Å². The number of carbonyl (C=O) groups is 1. The first-order valence-electron chi connectivity index (χ1n) is 9.55. The van der Waals surface area contributed by atoms with Crippen LogP contribution in [0.2, 0.25) is 5.02 Å². The Labute approximate surface area is 188 Å². The number of nitrogens with one attached hydrogen (secondary N) is 1. The van der Waals surface area contributed by atoms with Crippen molar-refractivity contribution < 1.29 is 17.6 Å². The predicted molar refractivity (Wildman–Crippen MR) is 119 cm³/mol. The Hall–Kier alpha value is -3.14. The molecule has 2 aromatic carbocycles. The van der Waals surface area contributed by atoms with E-state index in [0.717, 1.165) is 6.07 Å². The Morgan fingerprint density at radius 2 is 1.97 bits per heavy atom. The minimum atomic E-state index is -4.22. The van der Waals surface area contributed by atoms with E-state index in [1.165, 1.54) is 36.7 Å². The minimum absolute atomic E-state index is 0.0454. The van der Waals surface area contributed by atoms with Crippen LogP contribution in [0.3, 0.4) is 0 Å². The van der Waals surface area contributed by atoms with Crippen LogP contribution in [0.15, 0.2) is 78.0 Å². The number of rotatable bonds is 6. The summed E-state index contributed by atoms with van der Waals surface area (Å²) in [6, 6.07) is 8.38. The van der Waals surface area contributed by atoms with Crippen LogP contribution >= 0.6 is 11.6 Å². The highest BCUT2D eigenvalue weighted by molar-refractivity contribution is 7.89. The molecule has 0 fully saturated rings. The minimum Gasteiger partial charge on any atom is -0.369 e. The van der Waals surface area contributed by atoms with Crippen molar-refractivity contribution in [3.05, 3.63) is 89.5 Å². The quantitative estimate of drug-likeness (QED) is 0.572. The highest BCUT2D eigenvalue weighted by atomic mass is 35.5. The fourth-order valence-electron chi connectivity index (χ4n) is 3.80. The molecule has 0 saturated heterocycles. The third-order valence-corrected chi connectivity index (χ3v) is 7.15. The van der Waals surface area contributed by atoms with Crippen LogP contribution in [0.4, 0.5) is 4.39 Å². The number of amides is 1. The molecule has 164 valence electrons. The molecule has 0 bridgehead atoms. The van der Waals surface area contributed by atoms with Crippen molar-refractivity contribution in [3.63, 3.8) is 0 Å². The molecule has 1 aliphatic rings. The van der Waals surface area contributed by atoms with Gasteiger partial charge in [0.25, 0.3) is 0 Å². The van der Waals surface area contributed by atoms with E-state index in [0.29, 0.717) is 11.1 Å². The third-order valence-electron chi connectivity index (χ3n) is 5.24. The highest BCUT2D eigenvalue weighted by Crippen LogP contribution is 2.34. The molecule has 0 aliphatic heterocycles. The van der Waals surface area contributed by atoms with Crippen molar-refractivity contribution in [1.82, 2.24) is 14.7 Å². The van der Waals surface area contributed by atoms with Crippen LogP contribution in [-0.4, -0.2) is 29.8 Å². The molecule has 1 aromatic heterocycles. The average Bonchev–Trinajstić information content (AvgIpc) is 2.75. The summed E-state index contributed by atoms with van der Waals surface area (Å²) in [4.78, 5) is 20.5. The van der Waals surface area contributed by atoms with E-state index >= 15 is 0 Å². The summed E-state index contributed by atoms with van der Waals surface area (Å²) >= 11 is 6.21. The zero-order chi connectivity index (χ0) is 22.9. The van der Waals surface area contributed by atoms with Crippen molar-refractivity contribution in [2.45, 2.75) is 16.9 Å². The molecule has 3 N–H and O–H groups in total. The first-order chi connectivity index (χ1) is 15.2. The van der Waals surface area contributed by atoms with Gasteiger partial charge in [-0.3, -0.25) is 14.8 Å². The van der Waals surface area contributed by atoms with Crippen LogP contribution in [0.1, 0.15) is 5.56 Å². The number of halogens is 2. The fourth-order valence-corrected chi connectivity index (χ4v) is 5.58. The molecule has 1 aliphatic carbocycles. The number of nitrogens with zero attached hydrogens (tertiary/aromatic N) is 2. The number of hydrogen-bond acceptors (Lipinski definition) is 5. The molecule has 0 radical (unpaired) electrons. The molecule has 0 saturated carbocycles. The molecular weight excluding hydrogens is 455 g/mol. The number of allylic oxidation sites excluding steroid dienone is 2. The lowest BCUT2D eigenvalue weighted by atomic mass is 9.76. The predicted octanol–water partition coefficient (Wildman–Crippen LogP) is 2.91. The van der Waals surface area contributed by atoms with Crippen LogP contribution < -0.4 is 10.5 Å². The van der Waals surface area contributed by atoms with Crippen LogP contribution in [0, 0.1) is 11.7 Å². The van der Waals surface area contributed by atoms with Crippen LogP contribution in [0.25, 0.3) is 11.0 Å². The molecule has 2 atom stereocenters. The summed E-state index contributed by atoms with van der Waals surface area (Å²) in [7, 11) is -4.22. The second kappa shape index (κ2) is 8.42. The number of nitrogens with two attached hydrogens (primary N) is 1. The lowest BCUT2D eigenvalue weighted by Gasteiger charge is -2.38. The number of para-hydroxylation sites is 1. The average molecular weight is 473 g/mol. The van der Waals surface area contributed by atoms with Gasteiger partial charge in [-0.05, 0) is 36.2 Å². The Morgan fingerprint density at radius 1 is 1.19 bits per heavy atom. The second-order valence-corrected chi connectivity index (χ2v) is 9.42. The Bertz CT molecular complexity index is 1370. The zero-order valence-electron chi connectivity index (χ0n) is 16.6. The number of carbonyl (C=O) groups excluding carboxylic acids is 1. The summed E-state index contributed by atoms with van der Waals surface area (Å²) in [5, 5.41) is 0.103. The third kappa shape index (κ3) is 4.14. The zero-order valence-corrected chi connectivity index (χ0v) is 18.1. The number of benzene rings is 2. The highest BCUT2D eigenvalue weighted by Gasteiger charge is 2.44. The number of hydrogen-bond donors (Lipinski definition) is 2. The lowest BCUT2D eigenvalue weighted by molar-refractivity contribution is -0.121. The Balaban J connectivity index is 1.84. The Morgan fingerprint density at radius 3 is 2.72 bits per heavy atom. The Kier molecular flexibility index (Phi) is 5.81. The van der Waals surface area contributed by atoms with Gasteiger partial charge in [-0.15, -0.1) is 0 Å². The van der Waals surface area contributed by atoms with Crippen molar-refractivity contribution in [3.8, 4) is 0 Å². The van der Waals surface area contributed by atoms with E-state index in [1.807, 2.05) is 0 Å². The summed E-state index contributed by atoms with van der Waals surface area (Å²) in [5.74, 6) is -2.29. The first-order valence-corrected chi connectivity index (χ1v) is 11.4. The van der Waals surface area contributed by atoms with Gasteiger partial charge in [0, 0.05) is 17.4 Å². The summed E-state index contributed by atoms with van der Waals surface area (Å²) in [6.45, 7) is 0. The van der Waals surface area contributed by atoms with Crippen molar-refractivity contribution >= 4 is 38.6 Å². The number of aromatic nitrogens is 2. The van der Waals surface area contributed by atoms with Crippen LogP contribution in [0.5, 0.6) is 0 Å². The molecule has 7 nitrogen and oxygen atoms in total. The number of fused-ring (bicyclic) bond motifs is 1. The summed E-state index contributed by atoms with van der Waals surface area (Å²) in [5.41, 5.74) is 5.18. The van der Waals surface area contributed by atoms with Gasteiger partial charge >= 0.3 is 0 Å². The molecule has 0 spiro atoms. The van der Waals surface area contributed by atoms with Crippen molar-refractivity contribution in [1.29, 1.82) is 0 Å². The molecule has 1 heterocycles. The topological polar surface area (TPSA) is 115 Å². The summed E-state index contributed by atoms with van der Waals surface area (Å²) < 4.78 is 43.3. The molecule has 3 aromatic rings. The molecule has 4 rings (SSSR count). The van der Waals surface area contributed by atoms with Crippen LogP contribution in [-0.2, 0) is 21.2 Å². The molecular formula is C22H18ClFN4O3S. The van der Waals surface area contributed by atoms with Crippen molar-refractivity contribution in [2.24, 2.45) is 11.7 Å². The van der Waals surface area contributed by atoms with Gasteiger partial charge in [0.1, 0.15) is 16.2 Å². The molecule has 1 amide bonds. The smallest absolute Gasteiger partial charge is 0.243 e. The maximum absolute atomic E-state index is 13.6. The normalized spacial score (nSPS) is 20.5. The van der Waals surface area contributed by atoms with E-state index in [2.05, 4.69) is 14.7 Å². The largest absolute Gasteiger partial charge is 0.369 e. The van der Waals surface area contributed by atoms with E-state index in [4.69, 9.17) is 17.3 Å². The van der Waals surface area contributed by atoms with Gasteiger partial charge in [0.05, 0.1) is 17.0 Å². The van der Waals surface area contributed by atoms with Gasteiger partial charge in [0.2, 0.25) is 15.9 Å². The van der Waals surface area contributed by atoms with Gasteiger partial charge in [0.15, 0.2) is 0 Å². The van der Waals surface area contributed by atoms with E-state index in [9.17, 15) is 17.6 Å². The van der Waals surface area contributed by atoms with E-state index < -0.39 is 33.2 Å². The maximum Gasteiger partial charge on any atom is 0.243 e. The maximum atomic E-state index is 13.6. The second-order valence-electron chi connectivity index (χ2n) is 7.36.